The predicted octanol–water partition coefficient (Wildman–Crippen LogP) is 3.18. The third-order valence-electron chi connectivity index (χ3n) is 3.10. The Hall–Kier alpha value is -2.33. The van der Waals surface area contributed by atoms with Crippen molar-refractivity contribution in [2.75, 3.05) is 7.11 Å². The number of esters is 1. The Kier molecular flexibility index (Phi) is 6.03. The lowest BCUT2D eigenvalue weighted by molar-refractivity contribution is -0.356. The SMILES string of the molecule is COC(=O)C(CC(F)(F)C(F)(F)C(F)(F)F)NC(=O)c1ccccc1. The first kappa shape index (κ1) is 20.7. The Morgan fingerprint density at radius 2 is 1.56 bits per heavy atom. The van der Waals surface area contributed by atoms with Gasteiger partial charge in [-0.1, -0.05) is 18.2 Å². The molecule has 140 valence electrons. The summed E-state index contributed by atoms with van der Waals surface area (Å²) in [5, 5.41) is 1.67. The van der Waals surface area contributed by atoms with Crippen LogP contribution >= 0.6 is 0 Å². The fraction of sp³-hybridized carbons (Fsp3) is 0.429. The average Bonchev–Trinajstić information content (AvgIpc) is 2.52. The third kappa shape index (κ3) is 4.60. The van der Waals surface area contributed by atoms with Crippen molar-refractivity contribution in [1.29, 1.82) is 0 Å². The van der Waals surface area contributed by atoms with Crippen LogP contribution in [0.3, 0.4) is 0 Å². The monoisotopic (exact) mass is 375 g/mol. The van der Waals surface area contributed by atoms with E-state index in [1.165, 1.54) is 30.3 Å². The van der Waals surface area contributed by atoms with E-state index in [0.29, 0.717) is 7.11 Å². The van der Waals surface area contributed by atoms with Crippen molar-refractivity contribution in [3.05, 3.63) is 35.9 Å². The number of nitrogens with one attached hydrogen (secondary N) is 1. The van der Waals surface area contributed by atoms with Gasteiger partial charge in [0, 0.05) is 12.0 Å². The zero-order valence-corrected chi connectivity index (χ0v) is 12.5. The standard InChI is InChI=1S/C14H12F7NO3/c1-25-11(24)9(22-10(23)8-5-3-2-4-6-8)7-12(15,16)13(17,18)14(19,20)21/h2-6,9H,7H2,1H3,(H,22,23). The van der Waals surface area contributed by atoms with Crippen LogP contribution in [0.15, 0.2) is 30.3 Å². The minimum Gasteiger partial charge on any atom is -0.467 e. The molecule has 1 aromatic carbocycles. The van der Waals surface area contributed by atoms with E-state index in [0.717, 1.165) is 0 Å². The number of benzene rings is 1. The van der Waals surface area contributed by atoms with Crippen LogP contribution in [0.25, 0.3) is 0 Å². The maximum Gasteiger partial charge on any atom is 0.459 e. The van der Waals surface area contributed by atoms with Gasteiger partial charge >= 0.3 is 24.0 Å². The summed E-state index contributed by atoms with van der Waals surface area (Å²) in [4.78, 5) is 23.3. The van der Waals surface area contributed by atoms with Gasteiger partial charge in [-0.25, -0.2) is 4.79 Å². The van der Waals surface area contributed by atoms with Crippen LogP contribution in [-0.4, -0.2) is 43.0 Å². The van der Waals surface area contributed by atoms with Gasteiger partial charge in [0.25, 0.3) is 5.91 Å². The van der Waals surface area contributed by atoms with Gasteiger partial charge in [0.15, 0.2) is 0 Å². The second-order valence-electron chi connectivity index (χ2n) is 4.90. The number of rotatable bonds is 6. The highest BCUT2D eigenvalue weighted by Gasteiger charge is 2.73. The summed E-state index contributed by atoms with van der Waals surface area (Å²) in [5.41, 5.74) is -0.123. The lowest BCUT2D eigenvalue weighted by Crippen LogP contribution is -2.56. The maximum absolute atomic E-state index is 13.5. The second-order valence-corrected chi connectivity index (χ2v) is 4.90. The number of ether oxygens (including phenoxy) is 1. The summed E-state index contributed by atoms with van der Waals surface area (Å²) in [6.45, 7) is 0. The van der Waals surface area contributed by atoms with E-state index >= 15 is 0 Å². The van der Waals surface area contributed by atoms with Gasteiger partial charge in [-0.3, -0.25) is 4.79 Å². The highest BCUT2D eigenvalue weighted by atomic mass is 19.4. The van der Waals surface area contributed by atoms with E-state index < -0.39 is 42.4 Å². The molecule has 0 aliphatic rings. The molecule has 0 radical (unpaired) electrons. The molecule has 4 nitrogen and oxygen atoms in total. The molecular formula is C14H12F7NO3. The van der Waals surface area contributed by atoms with E-state index in [2.05, 4.69) is 4.74 Å². The molecule has 1 unspecified atom stereocenters. The Morgan fingerprint density at radius 3 is 2.00 bits per heavy atom. The molecule has 0 saturated carbocycles. The van der Waals surface area contributed by atoms with Crippen molar-refractivity contribution in [2.24, 2.45) is 0 Å². The molecule has 1 rings (SSSR count). The highest BCUT2D eigenvalue weighted by Crippen LogP contribution is 2.48. The molecule has 0 saturated heterocycles. The van der Waals surface area contributed by atoms with Crippen molar-refractivity contribution in [3.63, 3.8) is 0 Å². The minimum atomic E-state index is -6.54. The van der Waals surface area contributed by atoms with Crippen molar-refractivity contribution >= 4 is 11.9 Å². The first-order valence-corrected chi connectivity index (χ1v) is 6.59. The number of alkyl halides is 7. The molecule has 0 aliphatic heterocycles. The van der Waals surface area contributed by atoms with Crippen LogP contribution in [0.1, 0.15) is 16.8 Å². The smallest absolute Gasteiger partial charge is 0.459 e. The number of hydrogen-bond acceptors (Lipinski definition) is 3. The van der Waals surface area contributed by atoms with Gasteiger partial charge in [0.1, 0.15) is 6.04 Å². The van der Waals surface area contributed by atoms with Crippen molar-refractivity contribution in [1.82, 2.24) is 5.32 Å². The van der Waals surface area contributed by atoms with Gasteiger partial charge in [-0.2, -0.15) is 30.7 Å². The molecule has 25 heavy (non-hydrogen) atoms. The summed E-state index contributed by atoms with van der Waals surface area (Å²) in [7, 11) is 0.698. The van der Waals surface area contributed by atoms with Gasteiger partial charge in [-0.15, -0.1) is 0 Å². The maximum atomic E-state index is 13.5. The third-order valence-corrected chi connectivity index (χ3v) is 3.10. The summed E-state index contributed by atoms with van der Waals surface area (Å²) in [5.74, 6) is -14.8. The lowest BCUT2D eigenvalue weighted by atomic mass is 10.0. The Balaban J connectivity index is 3.04. The quantitative estimate of drug-likeness (QED) is 0.614. The van der Waals surface area contributed by atoms with Crippen LogP contribution in [0, 0.1) is 0 Å². The fourth-order valence-electron chi connectivity index (χ4n) is 1.76. The molecule has 0 aliphatic carbocycles. The topological polar surface area (TPSA) is 55.4 Å². The zero-order chi connectivity index (χ0) is 19.5. The van der Waals surface area contributed by atoms with E-state index in [-0.39, 0.29) is 5.56 Å². The number of methoxy groups -OCH3 is 1. The van der Waals surface area contributed by atoms with E-state index in [1.807, 2.05) is 0 Å². The molecule has 0 bridgehead atoms. The summed E-state index contributed by atoms with van der Waals surface area (Å²) >= 11 is 0. The van der Waals surface area contributed by atoms with Crippen LogP contribution in [0.4, 0.5) is 30.7 Å². The molecular weight excluding hydrogens is 363 g/mol. The summed E-state index contributed by atoms with van der Waals surface area (Å²) in [6.07, 6.45) is -8.84. The highest BCUT2D eigenvalue weighted by molar-refractivity contribution is 5.96. The van der Waals surface area contributed by atoms with Crippen molar-refractivity contribution in [2.45, 2.75) is 30.5 Å². The summed E-state index contributed by atoms with van der Waals surface area (Å²) < 4.78 is 93.4. The Labute approximate surface area is 136 Å². The number of hydrogen-bond donors (Lipinski definition) is 1. The minimum absolute atomic E-state index is 0.123. The van der Waals surface area contributed by atoms with Crippen LogP contribution in [0.5, 0.6) is 0 Å². The fourth-order valence-corrected chi connectivity index (χ4v) is 1.76. The van der Waals surface area contributed by atoms with Gasteiger partial charge in [0.2, 0.25) is 0 Å². The number of amides is 1. The molecule has 0 fully saturated rings. The Morgan fingerprint density at radius 1 is 1.04 bits per heavy atom. The molecule has 1 amide bonds. The first-order valence-electron chi connectivity index (χ1n) is 6.59. The van der Waals surface area contributed by atoms with Gasteiger partial charge < -0.3 is 10.1 Å². The summed E-state index contributed by atoms with van der Waals surface area (Å²) in [6, 6.07) is 4.29. The van der Waals surface area contributed by atoms with E-state index in [9.17, 15) is 40.3 Å². The van der Waals surface area contributed by atoms with Crippen molar-refractivity contribution < 1.29 is 45.1 Å². The molecule has 0 heterocycles. The van der Waals surface area contributed by atoms with Crippen molar-refractivity contribution in [3.8, 4) is 0 Å². The molecule has 11 heteroatoms. The van der Waals surface area contributed by atoms with E-state index in [4.69, 9.17) is 0 Å². The molecule has 0 aromatic heterocycles. The first-order chi connectivity index (χ1) is 11.3. The molecule has 1 aromatic rings. The Bertz CT molecular complexity index is 617. The van der Waals surface area contributed by atoms with Gasteiger partial charge in [-0.05, 0) is 12.1 Å². The largest absolute Gasteiger partial charge is 0.467 e. The lowest BCUT2D eigenvalue weighted by Gasteiger charge is -2.30. The second kappa shape index (κ2) is 7.28. The normalized spacial score (nSPS) is 13.9. The average molecular weight is 375 g/mol. The van der Waals surface area contributed by atoms with Crippen LogP contribution in [-0.2, 0) is 9.53 Å². The van der Waals surface area contributed by atoms with E-state index in [1.54, 1.807) is 5.32 Å². The van der Waals surface area contributed by atoms with Gasteiger partial charge in [0.05, 0.1) is 7.11 Å². The van der Waals surface area contributed by atoms with Crippen LogP contribution < -0.4 is 5.32 Å². The van der Waals surface area contributed by atoms with Crippen LogP contribution in [0.2, 0.25) is 0 Å². The number of halogens is 7. The molecule has 1 N–H and O–H groups in total. The molecule has 0 spiro atoms. The number of carbonyl (C=O) groups excluding carboxylic acids is 2. The predicted molar refractivity (Wildman–Crippen MR) is 70.3 cm³/mol. The number of carbonyl (C=O) groups is 2. The molecule has 1 atom stereocenters. The zero-order valence-electron chi connectivity index (χ0n) is 12.5.